The Balaban J connectivity index is 2.10. The van der Waals surface area contributed by atoms with E-state index < -0.39 is 0 Å². The largest absolute Gasteiger partial charge is 0.335 e. The molecule has 2 nitrogen and oxygen atoms in total. The van der Waals surface area contributed by atoms with Gasteiger partial charge in [0.2, 0.25) is 0 Å². The van der Waals surface area contributed by atoms with Gasteiger partial charge in [-0.3, -0.25) is 0 Å². The molecule has 90 valence electrons. The molecule has 3 heteroatoms. The highest BCUT2D eigenvalue weighted by Gasteiger charge is 2.02. The molecule has 1 aromatic heterocycles. The Morgan fingerprint density at radius 1 is 1.11 bits per heavy atom. The Kier molecular flexibility index (Phi) is 2.76. The van der Waals surface area contributed by atoms with Gasteiger partial charge in [0.1, 0.15) is 0 Å². The van der Waals surface area contributed by atoms with Crippen molar-refractivity contribution in [3.8, 4) is 0 Å². The minimum atomic E-state index is 0.778. The maximum Gasteiger partial charge on any atom is 0.177 e. The molecular weight excluding hydrogens is 240 g/mol. The maximum atomic E-state index is 5.30. The van der Waals surface area contributed by atoms with Crippen LogP contribution in [0, 0.1) is 11.7 Å². The third-order valence-electron chi connectivity index (χ3n) is 3.14. The third kappa shape index (κ3) is 1.97. The SMILES string of the molecule is Cc1cn(Cc2cccc3ccccc23)c(=S)[nH]1. The standard InChI is InChI=1S/C15H14N2S/c1-11-9-17(15(18)16-11)10-13-7-4-6-12-5-2-3-8-14(12)13/h2-9H,10H2,1H3,(H,16,18). The van der Waals surface area contributed by atoms with E-state index >= 15 is 0 Å². The molecule has 0 spiro atoms. The molecule has 0 aliphatic heterocycles. The zero-order valence-electron chi connectivity index (χ0n) is 10.2. The van der Waals surface area contributed by atoms with Crippen LogP contribution in [0.5, 0.6) is 0 Å². The van der Waals surface area contributed by atoms with Gasteiger partial charge in [-0.05, 0) is 35.5 Å². The number of aryl methyl sites for hydroxylation is 1. The van der Waals surface area contributed by atoms with Crippen molar-refractivity contribution >= 4 is 23.0 Å². The lowest BCUT2D eigenvalue weighted by atomic mass is 10.0. The molecular formula is C15H14N2S. The van der Waals surface area contributed by atoms with E-state index in [1.807, 2.05) is 6.92 Å². The molecule has 3 rings (SSSR count). The van der Waals surface area contributed by atoms with Crippen LogP contribution in [0.4, 0.5) is 0 Å². The van der Waals surface area contributed by atoms with Crippen molar-refractivity contribution < 1.29 is 0 Å². The second kappa shape index (κ2) is 4.42. The van der Waals surface area contributed by atoms with E-state index in [1.165, 1.54) is 16.3 Å². The molecule has 18 heavy (non-hydrogen) atoms. The summed E-state index contributed by atoms with van der Waals surface area (Å²) in [4.78, 5) is 3.15. The van der Waals surface area contributed by atoms with E-state index in [1.54, 1.807) is 0 Å². The molecule has 0 aliphatic rings. The summed E-state index contributed by atoms with van der Waals surface area (Å²) in [5.41, 5.74) is 2.39. The molecule has 0 saturated heterocycles. The molecule has 0 amide bonds. The highest BCUT2D eigenvalue weighted by molar-refractivity contribution is 7.71. The smallest absolute Gasteiger partial charge is 0.177 e. The second-order valence-electron chi connectivity index (χ2n) is 4.51. The summed E-state index contributed by atoms with van der Waals surface area (Å²) >= 11 is 5.30. The van der Waals surface area contributed by atoms with Gasteiger partial charge in [-0.25, -0.2) is 0 Å². The first kappa shape index (κ1) is 11.2. The minimum Gasteiger partial charge on any atom is -0.335 e. The van der Waals surface area contributed by atoms with E-state index in [0.717, 1.165) is 17.0 Å². The average Bonchev–Trinajstić information content (AvgIpc) is 2.68. The zero-order valence-corrected chi connectivity index (χ0v) is 11.0. The lowest BCUT2D eigenvalue weighted by Gasteiger charge is -2.07. The molecule has 0 atom stereocenters. The van der Waals surface area contributed by atoms with Crippen molar-refractivity contribution in [2.75, 3.05) is 0 Å². The Hall–Kier alpha value is -1.87. The van der Waals surface area contributed by atoms with Crippen LogP contribution in [-0.2, 0) is 6.54 Å². The van der Waals surface area contributed by atoms with Crippen molar-refractivity contribution in [3.05, 3.63) is 64.7 Å². The average molecular weight is 254 g/mol. The number of hydrogen-bond acceptors (Lipinski definition) is 1. The van der Waals surface area contributed by atoms with Gasteiger partial charge in [-0.2, -0.15) is 0 Å². The molecule has 0 fully saturated rings. The number of nitrogens with one attached hydrogen (secondary N) is 1. The first-order valence-electron chi connectivity index (χ1n) is 5.97. The molecule has 1 heterocycles. The number of nitrogens with zero attached hydrogens (tertiary/aromatic N) is 1. The van der Waals surface area contributed by atoms with Crippen molar-refractivity contribution in [2.45, 2.75) is 13.5 Å². The number of hydrogen-bond donors (Lipinski definition) is 1. The highest BCUT2D eigenvalue weighted by atomic mass is 32.1. The summed E-state index contributed by atoms with van der Waals surface area (Å²) in [6.45, 7) is 2.83. The lowest BCUT2D eigenvalue weighted by Crippen LogP contribution is -1.98. The predicted molar refractivity (Wildman–Crippen MR) is 77.4 cm³/mol. The summed E-state index contributed by atoms with van der Waals surface area (Å²) in [6.07, 6.45) is 2.06. The summed E-state index contributed by atoms with van der Waals surface area (Å²) in [5, 5.41) is 2.56. The Bertz CT molecular complexity index is 747. The van der Waals surface area contributed by atoms with Crippen LogP contribution in [-0.4, -0.2) is 9.55 Å². The molecule has 0 saturated carbocycles. The molecule has 2 aromatic carbocycles. The number of H-pyrrole nitrogens is 1. The highest BCUT2D eigenvalue weighted by Crippen LogP contribution is 2.19. The van der Waals surface area contributed by atoms with Gasteiger partial charge < -0.3 is 9.55 Å². The topological polar surface area (TPSA) is 20.7 Å². The van der Waals surface area contributed by atoms with Gasteiger partial charge in [0.25, 0.3) is 0 Å². The monoisotopic (exact) mass is 254 g/mol. The van der Waals surface area contributed by atoms with E-state index in [4.69, 9.17) is 12.2 Å². The Labute approximate surface area is 111 Å². The first-order chi connectivity index (χ1) is 8.74. The van der Waals surface area contributed by atoms with E-state index in [9.17, 15) is 0 Å². The van der Waals surface area contributed by atoms with Crippen molar-refractivity contribution in [1.29, 1.82) is 0 Å². The van der Waals surface area contributed by atoms with Crippen LogP contribution in [0.3, 0.4) is 0 Å². The maximum absolute atomic E-state index is 5.30. The summed E-state index contributed by atoms with van der Waals surface area (Å²) in [6, 6.07) is 14.8. The van der Waals surface area contributed by atoms with Gasteiger partial charge in [0.05, 0.1) is 6.54 Å². The third-order valence-corrected chi connectivity index (χ3v) is 3.47. The van der Waals surface area contributed by atoms with Crippen molar-refractivity contribution in [2.24, 2.45) is 0 Å². The van der Waals surface area contributed by atoms with Crippen LogP contribution in [0.1, 0.15) is 11.3 Å². The van der Waals surface area contributed by atoms with E-state index in [0.29, 0.717) is 0 Å². The summed E-state index contributed by atoms with van der Waals surface area (Å²) in [7, 11) is 0. The fourth-order valence-electron chi connectivity index (χ4n) is 2.30. The summed E-state index contributed by atoms with van der Waals surface area (Å²) < 4.78 is 2.85. The number of aromatic amines is 1. The molecule has 0 aliphatic carbocycles. The number of fused-ring (bicyclic) bond motifs is 1. The van der Waals surface area contributed by atoms with Crippen LogP contribution in [0.2, 0.25) is 0 Å². The molecule has 0 unspecified atom stereocenters. The molecule has 1 N–H and O–H groups in total. The van der Waals surface area contributed by atoms with Crippen LogP contribution in [0.15, 0.2) is 48.7 Å². The number of imidazole rings is 1. The predicted octanol–water partition coefficient (Wildman–Crippen LogP) is 4.06. The summed E-state index contributed by atoms with van der Waals surface area (Å²) in [5.74, 6) is 0. The van der Waals surface area contributed by atoms with Gasteiger partial charge >= 0.3 is 0 Å². The first-order valence-corrected chi connectivity index (χ1v) is 6.37. The molecule has 0 bridgehead atoms. The van der Waals surface area contributed by atoms with Crippen molar-refractivity contribution in [3.63, 3.8) is 0 Å². The molecule has 0 radical (unpaired) electrons. The fourth-order valence-corrected chi connectivity index (χ4v) is 2.57. The molecule has 3 aromatic rings. The quantitative estimate of drug-likeness (QED) is 0.684. The van der Waals surface area contributed by atoms with Crippen LogP contribution >= 0.6 is 12.2 Å². The van der Waals surface area contributed by atoms with Crippen LogP contribution < -0.4 is 0 Å². The van der Waals surface area contributed by atoms with Gasteiger partial charge in [-0.1, -0.05) is 42.5 Å². The normalized spacial score (nSPS) is 10.9. The minimum absolute atomic E-state index is 0.778. The number of aromatic nitrogens is 2. The fraction of sp³-hybridized carbons (Fsp3) is 0.133. The second-order valence-corrected chi connectivity index (χ2v) is 4.90. The van der Waals surface area contributed by atoms with Crippen LogP contribution in [0.25, 0.3) is 10.8 Å². The zero-order chi connectivity index (χ0) is 12.5. The number of benzene rings is 2. The Morgan fingerprint density at radius 3 is 2.67 bits per heavy atom. The van der Waals surface area contributed by atoms with Crippen molar-refractivity contribution in [1.82, 2.24) is 9.55 Å². The van der Waals surface area contributed by atoms with E-state index in [2.05, 4.69) is 58.2 Å². The van der Waals surface area contributed by atoms with Gasteiger partial charge in [0.15, 0.2) is 4.77 Å². The van der Waals surface area contributed by atoms with Gasteiger partial charge in [-0.15, -0.1) is 0 Å². The number of rotatable bonds is 2. The lowest BCUT2D eigenvalue weighted by molar-refractivity contribution is 0.789. The van der Waals surface area contributed by atoms with E-state index in [-0.39, 0.29) is 0 Å². The van der Waals surface area contributed by atoms with Gasteiger partial charge in [0, 0.05) is 11.9 Å². The Morgan fingerprint density at radius 2 is 1.89 bits per heavy atom.